The number of rotatable bonds is 5. The Bertz CT molecular complexity index is 1100. The molecule has 3 rings (SSSR count). The smallest absolute Gasteiger partial charge is 0.244 e. The molecule has 2 amide bonds. The Morgan fingerprint density at radius 3 is 2.61 bits per heavy atom. The van der Waals surface area contributed by atoms with Crippen molar-refractivity contribution in [1.82, 2.24) is 14.8 Å². The fraction of sp³-hybridized carbons (Fsp3) is 0.200. The Morgan fingerprint density at radius 2 is 1.93 bits per heavy atom. The maximum atomic E-state index is 12.6. The van der Waals surface area contributed by atoms with E-state index in [0.29, 0.717) is 22.0 Å². The molecule has 0 unspecified atom stereocenters. The van der Waals surface area contributed by atoms with Gasteiger partial charge in [0.1, 0.15) is 6.54 Å². The second-order valence-electron chi connectivity index (χ2n) is 6.57. The van der Waals surface area contributed by atoms with Crippen molar-refractivity contribution in [1.29, 1.82) is 0 Å². The summed E-state index contributed by atoms with van der Waals surface area (Å²) in [5, 5.41) is 12.6. The van der Waals surface area contributed by atoms with Crippen LogP contribution in [0.15, 0.2) is 42.5 Å². The van der Waals surface area contributed by atoms with Gasteiger partial charge in [0.2, 0.25) is 11.8 Å². The second kappa shape index (κ2) is 8.18. The third-order valence-corrected chi connectivity index (χ3v) is 4.47. The average Bonchev–Trinajstić information content (AvgIpc) is 2.97. The molecule has 0 bridgehead atoms. The minimum absolute atomic E-state index is 0.0328. The number of anilines is 2. The van der Waals surface area contributed by atoms with Crippen LogP contribution >= 0.6 is 12.2 Å². The third kappa shape index (κ3) is 4.52. The minimum Gasteiger partial charge on any atom is -0.326 e. The number of nitrogens with one attached hydrogen (secondary N) is 3. The van der Waals surface area contributed by atoms with E-state index >= 15 is 0 Å². The van der Waals surface area contributed by atoms with Crippen molar-refractivity contribution in [2.24, 2.45) is 0 Å². The molecule has 0 saturated heterocycles. The number of carbonyl (C=O) groups excluding carboxylic acids is 2. The highest BCUT2D eigenvalue weighted by Gasteiger charge is 2.13. The Kier molecular flexibility index (Phi) is 5.70. The van der Waals surface area contributed by atoms with Crippen LogP contribution in [0.25, 0.3) is 11.4 Å². The molecular weight excluding hydrogens is 374 g/mol. The normalized spacial score (nSPS) is 10.5. The SMILES string of the molecule is CC(=O)Nc1ccc(NC(=O)Cn2c(-c3cccc(C)c3)n[nH]c2=S)cc1C. The third-order valence-electron chi connectivity index (χ3n) is 4.16. The summed E-state index contributed by atoms with van der Waals surface area (Å²) in [5.41, 5.74) is 4.19. The molecule has 144 valence electrons. The van der Waals surface area contributed by atoms with Gasteiger partial charge in [-0.3, -0.25) is 19.3 Å². The summed E-state index contributed by atoms with van der Waals surface area (Å²) < 4.78 is 2.04. The molecule has 0 radical (unpaired) electrons. The summed E-state index contributed by atoms with van der Waals surface area (Å²) in [6.07, 6.45) is 0. The molecule has 1 aromatic heterocycles. The lowest BCUT2D eigenvalue weighted by molar-refractivity contribution is -0.117. The molecule has 28 heavy (non-hydrogen) atoms. The molecule has 2 aromatic carbocycles. The van der Waals surface area contributed by atoms with E-state index in [1.54, 1.807) is 22.8 Å². The first-order valence-electron chi connectivity index (χ1n) is 8.74. The van der Waals surface area contributed by atoms with E-state index in [-0.39, 0.29) is 18.4 Å². The number of H-pyrrole nitrogens is 1. The van der Waals surface area contributed by atoms with E-state index in [1.165, 1.54) is 6.92 Å². The molecule has 0 aliphatic rings. The number of hydrogen-bond acceptors (Lipinski definition) is 4. The largest absolute Gasteiger partial charge is 0.326 e. The van der Waals surface area contributed by atoms with Crippen molar-refractivity contribution >= 4 is 35.4 Å². The molecule has 1 heterocycles. The van der Waals surface area contributed by atoms with E-state index in [9.17, 15) is 9.59 Å². The minimum atomic E-state index is -0.224. The Morgan fingerprint density at radius 1 is 1.14 bits per heavy atom. The number of aromatic nitrogens is 3. The highest BCUT2D eigenvalue weighted by molar-refractivity contribution is 7.71. The summed E-state index contributed by atoms with van der Waals surface area (Å²) in [5.74, 6) is 0.247. The number of aryl methyl sites for hydroxylation is 2. The summed E-state index contributed by atoms with van der Waals surface area (Å²) in [6, 6.07) is 13.2. The van der Waals surface area contributed by atoms with Gasteiger partial charge in [-0.15, -0.1) is 0 Å². The number of amides is 2. The van der Waals surface area contributed by atoms with E-state index in [0.717, 1.165) is 16.7 Å². The van der Waals surface area contributed by atoms with Crippen LogP contribution in [0.2, 0.25) is 0 Å². The number of carbonyl (C=O) groups is 2. The Balaban J connectivity index is 1.77. The molecule has 0 aliphatic carbocycles. The van der Waals surface area contributed by atoms with Gasteiger partial charge in [-0.25, -0.2) is 0 Å². The van der Waals surface area contributed by atoms with Crippen molar-refractivity contribution in [2.45, 2.75) is 27.3 Å². The van der Waals surface area contributed by atoms with Gasteiger partial charge >= 0.3 is 0 Å². The molecule has 7 nitrogen and oxygen atoms in total. The van der Waals surface area contributed by atoms with E-state index in [2.05, 4.69) is 20.8 Å². The van der Waals surface area contributed by atoms with Crippen LogP contribution in [0.1, 0.15) is 18.1 Å². The van der Waals surface area contributed by atoms with E-state index < -0.39 is 0 Å². The number of aromatic amines is 1. The van der Waals surface area contributed by atoms with E-state index in [4.69, 9.17) is 12.2 Å². The van der Waals surface area contributed by atoms with Gasteiger partial charge < -0.3 is 10.6 Å². The summed E-state index contributed by atoms with van der Waals surface area (Å²) in [6.45, 7) is 5.35. The molecule has 3 aromatic rings. The highest BCUT2D eigenvalue weighted by Crippen LogP contribution is 2.21. The van der Waals surface area contributed by atoms with Gasteiger partial charge in [0.25, 0.3) is 0 Å². The van der Waals surface area contributed by atoms with Crippen LogP contribution in [-0.2, 0) is 16.1 Å². The van der Waals surface area contributed by atoms with Crippen LogP contribution in [0.5, 0.6) is 0 Å². The van der Waals surface area contributed by atoms with Gasteiger partial charge in [0.15, 0.2) is 10.6 Å². The van der Waals surface area contributed by atoms with Crippen LogP contribution in [-0.4, -0.2) is 26.6 Å². The number of nitrogens with zero attached hydrogens (tertiary/aromatic N) is 2. The average molecular weight is 395 g/mol. The van der Waals surface area contributed by atoms with Crippen LogP contribution in [0.3, 0.4) is 0 Å². The number of hydrogen-bond donors (Lipinski definition) is 3. The van der Waals surface area contributed by atoms with Crippen LogP contribution in [0.4, 0.5) is 11.4 Å². The zero-order valence-electron chi connectivity index (χ0n) is 15.9. The monoisotopic (exact) mass is 395 g/mol. The molecule has 0 spiro atoms. The first kappa shape index (κ1) is 19.5. The summed E-state index contributed by atoms with van der Waals surface area (Å²) in [7, 11) is 0. The fourth-order valence-electron chi connectivity index (χ4n) is 2.88. The molecule has 0 fully saturated rings. The van der Waals surface area contributed by atoms with Crippen LogP contribution in [0, 0.1) is 18.6 Å². The summed E-state index contributed by atoms with van der Waals surface area (Å²) in [4.78, 5) is 23.8. The van der Waals surface area contributed by atoms with Crippen LogP contribution < -0.4 is 10.6 Å². The van der Waals surface area contributed by atoms with Crippen molar-refractivity contribution < 1.29 is 9.59 Å². The Hall–Kier alpha value is -3.26. The van der Waals surface area contributed by atoms with Crippen molar-refractivity contribution in [3.63, 3.8) is 0 Å². The predicted octanol–water partition coefficient (Wildman–Crippen LogP) is 3.82. The molecule has 0 aliphatic heterocycles. The molecule has 0 atom stereocenters. The maximum absolute atomic E-state index is 12.6. The number of benzene rings is 2. The van der Waals surface area contributed by atoms with Gasteiger partial charge in [-0.05, 0) is 55.9 Å². The van der Waals surface area contributed by atoms with E-state index in [1.807, 2.05) is 38.1 Å². The first-order valence-corrected chi connectivity index (χ1v) is 9.14. The van der Waals surface area contributed by atoms with Gasteiger partial charge in [-0.1, -0.05) is 23.8 Å². The topological polar surface area (TPSA) is 91.8 Å². The quantitative estimate of drug-likeness (QED) is 0.573. The zero-order chi connectivity index (χ0) is 20.3. The van der Waals surface area contributed by atoms with Crippen molar-refractivity contribution in [3.05, 3.63) is 58.4 Å². The Labute approximate surface area is 167 Å². The second-order valence-corrected chi connectivity index (χ2v) is 6.95. The molecule has 3 N–H and O–H groups in total. The molecule has 8 heteroatoms. The lowest BCUT2D eigenvalue weighted by Crippen LogP contribution is -2.19. The van der Waals surface area contributed by atoms with Crippen molar-refractivity contribution in [2.75, 3.05) is 10.6 Å². The standard InChI is InChI=1S/C20H21N5O2S/c1-12-5-4-6-15(9-12)19-23-24-20(28)25(19)11-18(27)22-16-7-8-17(13(2)10-16)21-14(3)26/h4-10H,11H2,1-3H3,(H,21,26)(H,22,27)(H,24,28). The summed E-state index contributed by atoms with van der Waals surface area (Å²) >= 11 is 5.29. The zero-order valence-corrected chi connectivity index (χ0v) is 16.7. The van der Waals surface area contributed by atoms with Gasteiger partial charge in [-0.2, -0.15) is 5.10 Å². The molecular formula is C20H21N5O2S. The fourth-order valence-corrected chi connectivity index (χ4v) is 3.08. The first-order chi connectivity index (χ1) is 13.3. The highest BCUT2D eigenvalue weighted by atomic mass is 32.1. The lowest BCUT2D eigenvalue weighted by atomic mass is 10.1. The molecule has 0 saturated carbocycles. The van der Waals surface area contributed by atoms with Gasteiger partial charge in [0, 0.05) is 23.9 Å². The lowest BCUT2D eigenvalue weighted by Gasteiger charge is -2.11. The van der Waals surface area contributed by atoms with Crippen molar-refractivity contribution in [3.8, 4) is 11.4 Å². The predicted molar refractivity (Wildman–Crippen MR) is 112 cm³/mol. The maximum Gasteiger partial charge on any atom is 0.244 e. The van der Waals surface area contributed by atoms with Gasteiger partial charge in [0.05, 0.1) is 0 Å².